The number of esters is 1. The Kier molecular flexibility index (Phi) is 8.30. The lowest BCUT2D eigenvalue weighted by Crippen LogP contribution is -2.60. The van der Waals surface area contributed by atoms with E-state index in [4.69, 9.17) is 30.5 Å². The summed E-state index contributed by atoms with van der Waals surface area (Å²) >= 11 is 6.29. The highest BCUT2D eigenvalue weighted by Crippen LogP contribution is 2.64. The Bertz CT molecular complexity index is 1660. The first-order chi connectivity index (χ1) is 22.2. The fourth-order valence-electron chi connectivity index (χ4n) is 8.37. The van der Waals surface area contributed by atoms with Crippen LogP contribution in [0.1, 0.15) is 63.5 Å². The predicted molar refractivity (Wildman–Crippen MR) is 171 cm³/mol. The molecule has 7 atom stereocenters. The molecule has 3 aromatic rings. The van der Waals surface area contributed by atoms with Crippen molar-refractivity contribution >= 4 is 17.6 Å². The van der Waals surface area contributed by atoms with Crippen LogP contribution in [0.3, 0.4) is 0 Å². The first-order valence-electron chi connectivity index (χ1n) is 16.0. The second-order valence-electron chi connectivity index (χ2n) is 13.6. The van der Waals surface area contributed by atoms with Crippen LogP contribution in [0.5, 0.6) is 5.75 Å². The third-order valence-corrected chi connectivity index (χ3v) is 11.2. The van der Waals surface area contributed by atoms with E-state index in [0.717, 1.165) is 36.9 Å². The average molecular weight is 646 g/mol. The predicted octanol–water partition coefficient (Wildman–Crippen LogP) is 6.54. The first kappa shape index (κ1) is 31.1. The SMILES string of the molecule is C=C1CCC2[C@](C)(CC[C@H]3OC(c4ccc(OCc5cn(-c6ccccc6Cl)nn5)cc4)OC[C@@]23C)[C@@H]1C/C=C1/C(=O)OC[C@H]1O. The summed E-state index contributed by atoms with van der Waals surface area (Å²) in [5.74, 6) is 0.889. The minimum atomic E-state index is -0.846. The van der Waals surface area contributed by atoms with E-state index < -0.39 is 18.4 Å². The number of aliphatic hydroxyl groups is 1. The van der Waals surface area contributed by atoms with E-state index in [0.29, 0.717) is 41.0 Å². The number of halogens is 1. The van der Waals surface area contributed by atoms with E-state index >= 15 is 0 Å². The van der Waals surface area contributed by atoms with Gasteiger partial charge in [0, 0.05) is 11.0 Å². The van der Waals surface area contributed by atoms with Gasteiger partial charge in [0.25, 0.3) is 0 Å². The normalized spacial score (nSPS) is 33.4. The minimum Gasteiger partial charge on any atom is -0.487 e. The van der Waals surface area contributed by atoms with E-state index in [9.17, 15) is 9.90 Å². The Labute approximate surface area is 274 Å². The van der Waals surface area contributed by atoms with Gasteiger partial charge in [0.2, 0.25) is 0 Å². The summed E-state index contributed by atoms with van der Waals surface area (Å²) in [6.45, 7) is 10.1. The number of hydrogen-bond donors (Lipinski definition) is 1. The molecular weight excluding hydrogens is 606 g/mol. The van der Waals surface area contributed by atoms with Gasteiger partial charge in [-0.2, -0.15) is 0 Å². The molecule has 2 saturated carbocycles. The second kappa shape index (κ2) is 12.3. The number of ether oxygens (including phenoxy) is 4. The molecule has 2 unspecified atom stereocenters. The Morgan fingerprint density at radius 1 is 1.15 bits per heavy atom. The van der Waals surface area contributed by atoms with Crippen LogP contribution >= 0.6 is 11.6 Å². The van der Waals surface area contributed by atoms with Gasteiger partial charge >= 0.3 is 5.97 Å². The number of cyclic esters (lactones) is 1. The number of para-hydroxylation sites is 1. The summed E-state index contributed by atoms with van der Waals surface area (Å²) in [6, 6.07) is 15.3. The third-order valence-electron chi connectivity index (χ3n) is 10.9. The molecule has 0 spiro atoms. The standard InChI is InChI=1S/C36H40ClN3O6/c1-22-8-15-31-35(2,27(22)14-13-26-30(41)20-44-33(26)42)17-16-32-36(31,3)21-45-34(46-32)23-9-11-25(12-10-23)43-19-24-18-40(39-38-24)29-7-5-4-6-28(29)37/h4-7,9-13,18,27,30-32,34,41H,1,8,14-17,19-21H2,2-3H3/b26-13+/t27-,30-,31?,32-,34?,35-,36+/m1/s1. The maximum atomic E-state index is 12.1. The molecule has 242 valence electrons. The van der Waals surface area contributed by atoms with Crippen LogP contribution in [-0.4, -0.2) is 51.5 Å². The number of nitrogens with zero attached hydrogens (tertiary/aromatic N) is 3. The number of carbonyl (C=O) groups is 1. The van der Waals surface area contributed by atoms with Crippen molar-refractivity contribution in [2.24, 2.45) is 22.7 Å². The minimum absolute atomic E-state index is 0.0115. The van der Waals surface area contributed by atoms with Gasteiger partial charge in [-0.25, -0.2) is 9.48 Å². The Hall–Kier alpha value is -3.50. The lowest BCUT2D eigenvalue weighted by molar-refractivity contribution is -0.307. The lowest BCUT2D eigenvalue weighted by atomic mass is 9.46. The molecule has 46 heavy (non-hydrogen) atoms. The quantitative estimate of drug-likeness (QED) is 0.176. The molecule has 2 aliphatic carbocycles. The van der Waals surface area contributed by atoms with Crippen LogP contribution in [0.15, 0.2) is 78.5 Å². The average Bonchev–Trinajstić information content (AvgIpc) is 3.65. The van der Waals surface area contributed by atoms with Crippen molar-refractivity contribution in [2.75, 3.05) is 13.2 Å². The fraction of sp³-hybridized carbons (Fsp3) is 0.472. The molecule has 2 saturated heterocycles. The highest BCUT2D eigenvalue weighted by atomic mass is 35.5. The van der Waals surface area contributed by atoms with Gasteiger partial charge in [0.1, 0.15) is 30.8 Å². The highest BCUT2D eigenvalue weighted by Gasteiger charge is 2.60. The molecule has 2 aliphatic heterocycles. The molecule has 1 aromatic heterocycles. The van der Waals surface area contributed by atoms with Gasteiger partial charge in [-0.1, -0.05) is 73.2 Å². The zero-order valence-electron chi connectivity index (χ0n) is 26.2. The van der Waals surface area contributed by atoms with Crippen LogP contribution in [-0.2, 0) is 25.6 Å². The number of carbonyl (C=O) groups excluding carboxylic acids is 1. The van der Waals surface area contributed by atoms with Gasteiger partial charge in [-0.05, 0) is 73.6 Å². The summed E-state index contributed by atoms with van der Waals surface area (Å²) in [5.41, 5.74) is 3.85. The molecule has 0 amide bonds. The molecule has 7 rings (SSSR count). The molecule has 4 aliphatic rings. The molecule has 4 fully saturated rings. The smallest absolute Gasteiger partial charge is 0.336 e. The van der Waals surface area contributed by atoms with Gasteiger partial charge in [0.15, 0.2) is 6.29 Å². The summed E-state index contributed by atoms with van der Waals surface area (Å²) in [4.78, 5) is 12.1. The van der Waals surface area contributed by atoms with E-state index in [1.807, 2.05) is 60.8 Å². The monoisotopic (exact) mass is 645 g/mol. The van der Waals surface area contributed by atoms with Gasteiger partial charge in [-0.15, -0.1) is 5.10 Å². The maximum absolute atomic E-state index is 12.1. The van der Waals surface area contributed by atoms with Crippen molar-refractivity contribution in [1.82, 2.24) is 15.0 Å². The number of fused-ring (bicyclic) bond motifs is 3. The zero-order chi connectivity index (χ0) is 32.1. The molecular formula is C36H40ClN3O6. The van der Waals surface area contributed by atoms with Crippen molar-refractivity contribution in [3.8, 4) is 11.4 Å². The van der Waals surface area contributed by atoms with Crippen molar-refractivity contribution in [1.29, 1.82) is 0 Å². The van der Waals surface area contributed by atoms with E-state index in [-0.39, 0.29) is 36.1 Å². The van der Waals surface area contributed by atoms with Gasteiger partial charge in [-0.3, -0.25) is 0 Å². The van der Waals surface area contributed by atoms with Gasteiger partial charge in [0.05, 0.1) is 35.2 Å². The number of aromatic nitrogens is 3. The van der Waals surface area contributed by atoms with Crippen LogP contribution < -0.4 is 4.74 Å². The summed E-state index contributed by atoms with van der Waals surface area (Å²) in [7, 11) is 0. The van der Waals surface area contributed by atoms with Crippen LogP contribution in [0.4, 0.5) is 0 Å². The molecule has 1 N–H and O–H groups in total. The van der Waals surface area contributed by atoms with E-state index in [1.165, 1.54) is 5.57 Å². The third kappa shape index (κ3) is 5.57. The van der Waals surface area contributed by atoms with Crippen LogP contribution in [0.2, 0.25) is 5.02 Å². The Balaban J connectivity index is 0.987. The van der Waals surface area contributed by atoms with Crippen molar-refractivity contribution < 1.29 is 28.8 Å². The van der Waals surface area contributed by atoms with E-state index in [1.54, 1.807) is 4.68 Å². The summed E-state index contributed by atoms with van der Waals surface area (Å²) in [5, 5.41) is 19.2. The molecule has 0 bridgehead atoms. The second-order valence-corrected chi connectivity index (χ2v) is 14.0. The molecule has 0 radical (unpaired) electrons. The van der Waals surface area contributed by atoms with Crippen molar-refractivity contribution in [2.45, 2.75) is 71.1 Å². The maximum Gasteiger partial charge on any atom is 0.336 e. The first-order valence-corrected chi connectivity index (χ1v) is 16.4. The van der Waals surface area contributed by atoms with Crippen molar-refractivity contribution in [3.05, 3.63) is 94.8 Å². The number of benzene rings is 2. The molecule has 2 aromatic carbocycles. The van der Waals surface area contributed by atoms with Crippen molar-refractivity contribution in [3.63, 3.8) is 0 Å². The lowest BCUT2D eigenvalue weighted by Gasteiger charge is -2.62. The molecule has 10 heteroatoms. The summed E-state index contributed by atoms with van der Waals surface area (Å²) in [6.07, 6.45) is 7.04. The summed E-state index contributed by atoms with van der Waals surface area (Å²) < 4.78 is 25.8. The van der Waals surface area contributed by atoms with Crippen LogP contribution in [0.25, 0.3) is 5.69 Å². The Morgan fingerprint density at radius 2 is 1.96 bits per heavy atom. The number of hydrogen-bond acceptors (Lipinski definition) is 8. The van der Waals surface area contributed by atoms with Gasteiger partial charge < -0.3 is 24.1 Å². The Morgan fingerprint density at radius 3 is 2.72 bits per heavy atom. The number of aliphatic hydroxyl groups excluding tert-OH is 1. The van der Waals surface area contributed by atoms with E-state index in [2.05, 4.69) is 30.7 Å². The largest absolute Gasteiger partial charge is 0.487 e. The topological polar surface area (TPSA) is 105 Å². The van der Waals surface area contributed by atoms with Crippen LogP contribution in [0, 0.1) is 22.7 Å². The number of rotatable bonds is 7. The molecule has 3 heterocycles. The fourth-order valence-corrected chi connectivity index (χ4v) is 8.59. The highest BCUT2D eigenvalue weighted by molar-refractivity contribution is 6.32. The molecule has 9 nitrogen and oxygen atoms in total. The number of allylic oxidation sites excluding steroid dienone is 2. The zero-order valence-corrected chi connectivity index (χ0v) is 27.0.